The van der Waals surface area contributed by atoms with Crippen LogP contribution in [0.3, 0.4) is 0 Å². The molecule has 0 aliphatic carbocycles. The van der Waals surface area contributed by atoms with Crippen LogP contribution in [0.5, 0.6) is 0 Å². The van der Waals surface area contributed by atoms with E-state index in [0.29, 0.717) is 13.2 Å². The molecule has 0 saturated heterocycles. The van der Waals surface area contributed by atoms with Gasteiger partial charge in [0, 0.05) is 13.7 Å². The third-order valence-electron chi connectivity index (χ3n) is 2.21. The van der Waals surface area contributed by atoms with Crippen molar-refractivity contribution in [2.45, 2.75) is 13.2 Å². The predicted molar refractivity (Wildman–Crippen MR) is 52.7 cm³/mol. The van der Waals surface area contributed by atoms with Crippen LogP contribution in [-0.2, 0) is 26.8 Å². The van der Waals surface area contributed by atoms with Gasteiger partial charge in [-0.2, -0.15) is 0 Å². The van der Waals surface area contributed by atoms with Crippen molar-refractivity contribution < 1.29 is 13.6 Å². The summed E-state index contributed by atoms with van der Waals surface area (Å²) in [5.74, 6) is 0. The van der Waals surface area contributed by atoms with E-state index in [-0.39, 0.29) is 0 Å². The molecule has 14 heavy (non-hydrogen) atoms. The Bertz CT molecular complexity index is 349. The van der Waals surface area contributed by atoms with Crippen molar-refractivity contribution in [3.05, 3.63) is 35.4 Å². The average molecular weight is 213 g/mol. The first-order valence-corrected chi connectivity index (χ1v) is 5.90. The summed E-state index contributed by atoms with van der Waals surface area (Å²) in [5.41, 5.74) is 2.15. The van der Waals surface area contributed by atoms with Gasteiger partial charge < -0.3 is 4.52 Å². The molecule has 0 amide bonds. The maximum Gasteiger partial charge on any atom is 0.405 e. The Labute approximate surface area is 82.8 Å². The molecule has 0 bridgehead atoms. The van der Waals surface area contributed by atoms with Gasteiger partial charge in [-0.1, -0.05) is 24.3 Å². The third-order valence-corrected chi connectivity index (χ3v) is 3.71. The van der Waals surface area contributed by atoms with Crippen LogP contribution in [-0.4, -0.2) is 7.11 Å². The zero-order valence-electron chi connectivity index (χ0n) is 7.90. The number of benzene rings is 1. The summed E-state index contributed by atoms with van der Waals surface area (Å²) >= 11 is 0. The Morgan fingerprint density at radius 3 is 2.86 bits per heavy atom. The van der Waals surface area contributed by atoms with Gasteiger partial charge in [-0.05, 0) is 11.1 Å². The normalized spacial score (nSPS) is 26.6. The molecule has 1 aromatic carbocycles. The van der Waals surface area contributed by atoms with E-state index in [4.69, 9.17) is 9.05 Å². The second-order valence-electron chi connectivity index (χ2n) is 3.06. The first-order chi connectivity index (χ1) is 6.73. The Morgan fingerprint density at radius 1 is 1.43 bits per heavy atom. The molecule has 5 heteroatoms. The lowest BCUT2D eigenvalue weighted by atomic mass is 10.1. The Hall–Kier alpha value is -0.670. The number of fused-ring (bicyclic) bond motifs is 1. The first kappa shape index (κ1) is 9.87. The van der Waals surface area contributed by atoms with Gasteiger partial charge in [0.05, 0.1) is 6.61 Å². The molecule has 0 saturated carbocycles. The van der Waals surface area contributed by atoms with Crippen LogP contribution in [0.25, 0.3) is 0 Å². The van der Waals surface area contributed by atoms with Crippen LogP contribution in [0.1, 0.15) is 11.1 Å². The second-order valence-corrected chi connectivity index (χ2v) is 4.99. The first-order valence-electron chi connectivity index (χ1n) is 4.36. The fraction of sp³-hybridized carbons (Fsp3) is 0.333. The smallest absolute Gasteiger partial charge is 0.300 e. The van der Waals surface area contributed by atoms with Crippen molar-refractivity contribution in [1.29, 1.82) is 0 Å². The molecular formula is C9H12NO3P. The lowest BCUT2D eigenvalue weighted by molar-refractivity contribution is 0.220. The molecule has 1 unspecified atom stereocenters. The molecule has 1 aliphatic heterocycles. The van der Waals surface area contributed by atoms with Gasteiger partial charge in [0.15, 0.2) is 0 Å². The molecule has 0 radical (unpaired) electrons. The molecule has 0 spiro atoms. The molecule has 1 aliphatic rings. The van der Waals surface area contributed by atoms with Crippen molar-refractivity contribution in [2.24, 2.45) is 0 Å². The summed E-state index contributed by atoms with van der Waals surface area (Å²) in [6.07, 6.45) is 0. The van der Waals surface area contributed by atoms with E-state index in [1.807, 2.05) is 24.3 Å². The van der Waals surface area contributed by atoms with Gasteiger partial charge in [-0.3, -0.25) is 4.52 Å². The number of nitrogens with one attached hydrogen (secondary N) is 1. The highest BCUT2D eigenvalue weighted by Gasteiger charge is 2.25. The van der Waals surface area contributed by atoms with Gasteiger partial charge in [-0.25, -0.2) is 9.65 Å². The van der Waals surface area contributed by atoms with Gasteiger partial charge in [0.2, 0.25) is 0 Å². The predicted octanol–water partition coefficient (Wildman–Crippen LogP) is 2.06. The lowest BCUT2D eigenvalue weighted by Gasteiger charge is -2.12. The minimum Gasteiger partial charge on any atom is -0.300 e. The van der Waals surface area contributed by atoms with E-state index in [1.54, 1.807) is 0 Å². The monoisotopic (exact) mass is 213 g/mol. The average Bonchev–Trinajstić information content (AvgIpc) is 2.40. The fourth-order valence-electron chi connectivity index (χ4n) is 1.37. The van der Waals surface area contributed by atoms with Crippen molar-refractivity contribution in [3.63, 3.8) is 0 Å². The topological polar surface area (TPSA) is 47.6 Å². The zero-order valence-corrected chi connectivity index (χ0v) is 8.79. The highest BCUT2D eigenvalue weighted by molar-refractivity contribution is 7.51. The lowest BCUT2D eigenvalue weighted by Crippen LogP contribution is -2.10. The van der Waals surface area contributed by atoms with E-state index >= 15 is 0 Å². The van der Waals surface area contributed by atoms with Crippen LogP contribution >= 0.6 is 7.75 Å². The van der Waals surface area contributed by atoms with Crippen LogP contribution in [0.15, 0.2) is 24.3 Å². The van der Waals surface area contributed by atoms with Crippen molar-refractivity contribution in [2.75, 3.05) is 7.11 Å². The Balaban J connectivity index is 2.26. The van der Waals surface area contributed by atoms with Crippen LogP contribution in [0.2, 0.25) is 0 Å². The van der Waals surface area contributed by atoms with Crippen LogP contribution in [0, 0.1) is 0 Å². The molecular weight excluding hydrogens is 201 g/mol. The van der Waals surface area contributed by atoms with E-state index in [0.717, 1.165) is 11.1 Å². The van der Waals surface area contributed by atoms with E-state index in [9.17, 15) is 4.57 Å². The van der Waals surface area contributed by atoms with Crippen molar-refractivity contribution in [1.82, 2.24) is 5.09 Å². The summed E-state index contributed by atoms with van der Waals surface area (Å²) in [6, 6.07) is 7.83. The molecule has 1 aromatic rings. The maximum atomic E-state index is 11.7. The van der Waals surface area contributed by atoms with Crippen LogP contribution < -0.4 is 5.09 Å². The van der Waals surface area contributed by atoms with Crippen molar-refractivity contribution in [3.8, 4) is 0 Å². The van der Waals surface area contributed by atoms with Crippen molar-refractivity contribution >= 4 is 7.75 Å². The van der Waals surface area contributed by atoms with Gasteiger partial charge in [0.1, 0.15) is 0 Å². The van der Waals surface area contributed by atoms with Crippen LogP contribution in [0.4, 0.5) is 0 Å². The summed E-state index contributed by atoms with van der Waals surface area (Å²) < 4.78 is 21.7. The second kappa shape index (κ2) is 3.83. The summed E-state index contributed by atoms with van der Waals surface area (Å²) in [4.78, 5) is 0. The summed E-state index contributed by atoms with van der Waals surface area (Å²) in [5, 5.41) is 2.77. The summed E-state index contributed by atoms with van der Waals surface area (Å²) in [6.45, 7) is 0.843. The van der Waals surface area contributed by atoms with E-state index in [1.165, 1.54) is 7.11 Å². The van der Waals surface area contributed by atoms with E-state index < -0.39 is 7.75 Å². The fourth-order valence-corrected chi connectivity index (χ4v) is 2.37. The standard InChI is InChI=1S/C9H12NO3P/c1-12-14(11)10-6-8-4-2-3-5-9(8)7-13-14/h2-5H,6-7H2,1H3,(H,10,11). The molecule has 1 N–H and O–H groups in total. The quantitative estimate of drug-likeness (QED) is 0.725. The molecule has 0 aromatic heterocycles. The molecule has 2 rings (SSSR count). The largest absolute Gasteiger partial charge is 0.405 e. The molecule has 1 atom stereocenters. The highest BCUT2D eigenvalue weighted by Crippen LogP contribution is 2.45. The Morgan fingerprint density at radius 2 is 2.14 bits per heavy atom. The SMILES string of the molecule is COP1(=O)NCc2ccccc2CO1. The molecule has 4 nitrogen and oxygen atoms in total. The third kappa shape index (κ3) is 1.88. The maximum absolute atomic E-state index is 11.7. The molecule has 0 fully saturated rings. The number of hydrogen-bond acceptors (Lipinski definition) is 3. The number of hydrogen-bond donors (Lipinski definition) is 1. The van der Waals surface area contributed by atoms with Gasteiger partial charge >= 0.3 is 7.75 Å². The summed E-state index contributed by atoms with van der Waals surface area (Å²) in [7, 11) is -1.69. The molecule has 1 heterocycles. The van der Waals surface area contributed by atoms with Gasteiger partial charge in [0.25, 0.3) is 0 Å². The molecule has 76 valence electrons. The van der Waals surface area contributed by atoms with Gasteiger partial charge in [-0.15, -0.1) is 0 Å². The van der Waals surface area contributed by atoms with E-state index in [2.05, 4.69) is 5.09 Å². The Kier molecular flexibility index (Phi) is 2.70. The minimum atomic E-state index is -3.07. The zero-order chi connectivity index (χ0) is 10.0. The minimum absolute atomic E-state index is 0.328. The number of rotatable bonds is 1. The highest BCUT2D eigenvalue weighted by atomic mass is 31.2.